The molecule has 4 nitrogen and oxygen atoms in total. The van der Waals surface area contributed by atoms with Crippen LogP contribution in [-0.4, -0.2) is 23.8 Å². The number of carbonyl (C=O) groups is 2. The van der Waals surface area contributed by atoms with Gasteiger partial charge in [-0.05, 0) is 42.4 Å². The van der Waals surface area contributed by atoms with E-state index in [1.807, 2.05) is 18.4 Å². The van der Waals surface area contributed by atoms with Gasteiger partial charge in [0.25, 0.3) is 0 Å². The van der Waals surface area contributed by atoms with Crippen molar-refractivity contribution >= 4 is 46.8 Å². The Kier molecular flexibility index (Phi) is 5.18. The van der Waals surface area contributed by atoms with Gasteiger partial charge in [0, 0.05) is 16.0 Å². The highest BCUT2D eigenvalue weighted by atomic mass is 35.5. The van der Waals surface area contributed by atoms with E-state index in [1.165, 1.54) is 11.8 Å². The predicted molar refractivity (Wildman–Crippen MR) is 82.0 cm³/mol. The van der Waals surface area contributed by atoms with Crippen LogP contribution in [0.2, 0.25) is 10.0 Å². The number of hydrogen-bond donors (Lipinski definition) is 2. The molecule has 2 N–H and O–H groups in total. The van der Waals surface area contributed by atoms with Crippen molar-refractivity contribution < 1.29 is 9.59 Å². The summed E-state index contributed by atoms with van der Waals surface area (Å²) < 4.78 is 0. The molecule has 1 aliphatic carbocycles. The molecule has 1 saturated carbocycles. The first-order chi connectivity index (χ1) is 9.51. The fourth-order valence-corrected chi connectivity index (χ4v) is 2.91. The highest BCUT2D eigenvalue weighted by Gasteiger charge is 2.44. The van der Waals surface area contributed by atoms with Crippen molar-refractivity contribution in [2.45, 2.75) is 12.3 Å². The molecule has 0 spiro atoms. The molecule has 0 saturated heterocycles. The highest BCUT2D eigenvalue weighted by Crippen LogP contribution is 2.48. The van der Waals surface area contributed by atoms with Gasteiger partial charge in [-0.3, -0.25) is 20.4 Å². The zero-order chi connectivity index (χ0) is 14.7. The van der Waals surface area contributed by atoms with Gasteiger partial charge in [-0.15, -0.1) is 0 Å². The van der Waals surface area contributed by atoms with E-state index in [4.69, 9.17) is 23.2 Å². The first-order valence-corrected chi connectivity index (χ1v) is 8.20. The number of hydrogen-bond acceptors (Lipinski definition) is 3. The van der Waals surface area contributed by atoms with Crippen LogP contribution in [0.1, 0.15) is 17.9 Å². The van der Waals surface area contributed by atoms with Crippen LogP contribution >= 0.6 is 35.0 Å². The molecule has 2 rings (SSSR count). The maximum atomic E-state index is 11.9. The molecule has 1 aliphatic rings. The third kappa shape index (κ3) is 4.04. The molecule has 108 valence electrons. The van der Waals surface area contributed by atoms with Gasteiger partial charge in [0.15, 0.2) is 0 Å². The van der Waals surface area contributed by atoms with E-state index >= 15 is 0 Å². The molecule has 20 heavy (non-hydrogen) atoms. The molecular formula is C13H14Cl2N2O2S. The summed E-state index contributed by atoms with van der Waals surface area (Å²) in [5, 5.41) is 1.12. The summed E-state index contributed by atoms with van der Waals surface area (Å²) >= 11 is 13.3. The molecule has 0 aromatic heterocycles. The van der Waals surface area contributed by atoms with Crippen molar-refractivity contribution in [3.8, 4) is 0 Å². The summed E-state index contributed by atoms with van der Waals surface area (Å²) in [6.45, 7) is 0. The lowest BCUT2D eigenvalue weighted by molar-refractivity contribution is -0.128. The van der Waals surface area contributed by atoms with E-state index < -0.39 is 0 Å². The summed E-state index contributed by atoms with van der Waals surface area (Å²) in [4.78, 5) is 23.1. The smallest absolute Gasteiger partial charge is 0.248 e. The van der Waals surface area contributed by atoms with E-state index in [2.05, 4.69) is 10.9 Å². The zero-order valence-corrected chi connectivity index (χ0v) is 13.1. The van der Waals surface area contributed by atoms with Crippen LogP contribution in [-0.2, 0) is 9.59 Å². The van der Waals surface area contributed by atoms with Gasteiger partial charge >= 0.3 is 0 Å². The van der Waals surface area contributed by atoms with Gasteiger partial charge in [-0.1, -0.05) is 23.2 Å². The maximum Gasteiger partial charge on any atom is 0.248 e. The summed E-state index contributed by atoms with van der Waals surface area (Å²) in [5.41, 5.74) is 5.78. The Morgan fingerprint density at radius 1 is 1.25 bits per heavy atom. The number of benzene rings is 1. The number of rotatable bonds is 4. The Bertz CT molecular complexity index is 519. The molecule has 1 aromatic carbocycles. The first-order valence-electron chi connectivity index (χ1n) is 6.05. The van der Waals surface area contributed by atoms with Crippen LogP contribution in [0.25, 0.3) is 0 Å². The second-order valence-corrected chi connectivity index (χ2v) is 6.36. The van der Waals surface area contributed by atoms with Crippen molar-refractivity contribution in [3.05, 3.63) is 33.8 Å². The van der Waals surface area contributed by atoms with E-state index in [1.54, 1.807) is 6.07 Å². The molecule has 0 aliphatic heterocycles. The van der Waals surface area contributed by atoms with Gasteiger partial charge < -0.3 is 0 Å². The van der Waals surface area contributed by atoms with Gasteiger partial charge in [0.1, 0.15) is 0 Å². The number of amides is 2. The van der Waals surface area contributed by atoms with E-state index in [0.717, 1.165) is 12.0 Å². The largest absolute Gasteiger partial charge is 0.273 e. The van der Waals surface area contributed by atoms with Crippen molar-refractivity contribution in [1.29, 1.82) is 0 Å². The molecule has 0 radical (unpaired) electrons. The molecule has 2 amide bonds. The minimum atomic E-state index is -0.214. The lowest BCUT2D eigenvalue weighted by Gasteiger charge is -2.06. The van der Waals surface area contributed by atoms with Crippen molar-refractivity contribution in [1.82, 2.24) is 10.9 Å². The summed E-state index contributed by atoms with van der Waals surface area (Å²) in [7, 11) is 0. The van der Waals surface area contributed by atoms with Crippen molar-refractivity contribution in [2.75, 3.05) is 12.0 Å². The lowest BCUT2D eigenvalue weighted by atomic mass is 10.1. The standard InChI is InChI=1S/C13H14Cl2N2O2S/c1-20-6-12(18)16-17-13(19)11-5-10(11)7-2-8(14)4-9(15)3-7/h2-4,10-11H,5-6H2,1H3,(H,16,18)(H,17,19). The minimum Gasteiger partial charge on any atom is -0.273 e. The summed E-state index contributed by atoms with van der Waals surface area (Å²) in [6.07, 6.45) is 2.56. The summed E-state index contributed by atoms with van der Waals surface area (Å²) in [5.74, 6) is -0.102. The zero-order valence-electron chi connectivity index (χ0n) is 10.8. The molecule has 2 unspecified atom stereocenters. The first kappa shape index (κ1) is 15.5. The maximum absolute atomic E-state index is 11.9. The third-order valence-electron chi connectivity index (χ3n) is 3.04. The molecule has 7 heteroatoms. The number of nitrogens with one attached hydrogen (secondary N) is 2. The number of hydrazine groups is 1. The van der Waals surface area contributed by atoms with Gasteiger partial charge in [0.05, 0.1) is 5.75 Å². The Balaban J connectivity index is 1.87. The average Bonchev–Trinajstić information content (AvgIpc) is 3.15. The molecule has 1 aromatic rings. The van der Waals surface area contributed by atoms with E-state index in [0.29, 0.717) is 15.8 Å². The molecular weight excluding hydrogens is 319 g/mol. The summed E-state index contributed by atoms with van der Waals surface area (Å²) in [6, 6.07) is 5.29. The fraction of sp³-hybridized carbons (Fsp3) is 0.385. The van der Waals surface area contributed by atoms with Crippen molar-refractivity contribution in [3.63, 3.8) is 0 Å². The Labute approximate surface area is 131 Å². The Morgan fingerprint density at radius 3 is 2.50 bits per heavy atom. The van der Waals surface area contributed by atoms with Gasteiger partial charge in [-0.2, -0.15) is 11.8 Å². The molecule has 2 atom stereocenters. The predicted octanol–water partition coefficient (Wildman–Crippen LogP) is 2.61. The fourth-order valence-electron chi connectivity index (χ4n) is 2.03. The van der Waals surface area contributed by atoms with Crippen LogP contribution < -0.4 is 10.9 Å². The van der Waals surface area contributed by atoms with Gasteiger partial charge in [0.2, 0.25) is 11.8 Å². The second-order valence-electron chi connectivity index (χ2n) is 4.62. The molecule has 0 heterocycles. The third-order valence-corrected chi connectivity index (χ3v) is 4.03. The number of carbonyl (C=O) groups excluding carboxylic acids is 2. The molecule has 0 bridgehead atoms. The molecule has 1 fully saturated rings. The van der Waals surface area contributed by atoms with Gasteiger partial charge in [-0.25, -0.2) is 0 Å². The SMILES string of the molecule is CSCC(=O)NNC(=O)C1CC1c1cc(Cl)cc(Cl)c1. The lowest BCUT2D eigenvalue weighted by Crippen LogP contribution is -2.43. The Hall–Kier alpha value is -0.910. The van der Waals surface area contributed by atoms with Crippen LogP contribution in [0.5, 0.6) is 0 Å². The van der Waals surface area contributed by atoms with E-state index in [9.17, 15) is 9.59 Å². The van der Waals surface area contributed by atoms with Crippen LogP contribution in [0.15, 0.2) is 18.2 Å². The topological polar surface area (TPSA) is 58.2 Å². The highest BCUT2D eigenvalue weighted by molar-refractivity contribution is 7.99. The monoisotopic (exact) mass is 332 g/mol. The normalized spacial score (nSPS) is 20.4. The Morgan fingerprint density at radius 2 is 1.90 bits per heavy atom. The average molecular weight is 333 g/mol. The van der Waals surface area contributed by atoms with Crippen LogP contribution in [0.4, 0.5) is 0 Å². The second kappa shape index (κ2) is 6.70. The minimum absolute atomic E-state index is 0.114. The van der Waals surface area contributed by atoms with E-state index in [-0.39, 0.29) is 23.7 Å². The number of thioether (sulfide) groups is 1. The van der Waals surface area contributed by atoms with Crippen LogP contribution in [0, 0.1) is 5.92 Å². The number of halogens is 2. The quantitative estimate of drug-likeness (QED) is 0.833. The van der Waals surface area contributed by atoms with Crippen LogP contribution in [0.3, 0.4) is 0 Å². The van der Waals surface area contributed by atoms with Crippen molar-refractivity contribution in [2.24, 2.45) is 5.92 Å².